The molecule has 1 aromatic rings. The fourth-order valence-corrected chi connectivity index (χ4v) is 2.81. The zero-order valence-corrected chi connectivity index (χ0v) is 14.2. The maximum absolute atomic E-state index is 5.94. The standard InChI is InChI=1S/C16H24BrNO3/c1-19-10-7-18-12-13-11-14(17)4-5-16(13)21-9-6-15-3-2-8-20-15/h4-5,11,15,18H,2-3,6-10,12H2,1H3. The lowest BCUT2D eigenvalue weighted by Crippen LogP contribution is -2.19. The van der Waals surface area contributed by atoms with Crippen LogP contribution in [0.1, 0.15) is 24.8 Å². The maximum atomic E-state index is 5.94. The fraction of sp³-hybridized carbons (Fsp3) is 0.625. The average molecular weight is 358 g/mol. The highest BCUT2D eigenvalue weighted by Gasteiger charge is 2.15. The Morgan fingerprint density at radius 2 is 2.29 bits per heavy atom. The van der Waals surface area contributed by atoms with Crippen molar-refractivity contribution in [1.29, 1.82) is 0 Å². The third kappa shape index (κ3) is 5.94. The normalized spacial score (nSPS) is 18.1. The number of ether oxygens (including phenoxy) is 3. The lowest BCUT2D eigenvalue weighted by molar-refractivity contribution is 0.0902. The molecule has 1 unspecified atom stereocenters. The molecule has 4 nitrogen and oxygen atoms in total. The predicted molar refractivity (Wildman–Crippen MR) is 86.8 cm³/mol. The molecule has 0 saturated carbocycles. The van der Waals surface area contributed by atoms with E-state index in [2.05, 4.69) is 27.3 Å². The Morgan fingerprint density at radius 1 is 1.38 bits per heavy atom. The molecule has 21 heavy (non-hydrogen) atoms. The van der Waals surface area contributed by atoms with Gasteiger partial charge in [-0.15, -0.1) is 0 Å². The topological polar surface area (TPSA) is 39.7 Å². The van der Waals surface area contributed by atoms with Crippen LogP contribution in [-0.4, -0.2) is 39.6 Å². The van der Waals surface area contributed by atoms with Crippen LogP contribution in [0.15, 0.2) is 22.7 Å². The summed E-state index contributed by atoms with van der Waals surface area (Å²) in [5.41, 5.74) is 1.16. The van der Waals surface area contributed by atoms with E-state index >= 15 is 0 Å². The summed E-state index contributed by atoms with van der Waals surface area (Å²) >= 11 is 3.51. The minimum absolute atomic E-state index is 0.378. The van der Waals surface area contributed by atoms with Crippen LogP contribution in [-0.2, 0) is 16.0 Å². The minimum atomic E-state index is 0.378. The zero-order valence-electron chi connectivity index (χ0n) is 12.6. The SMILES string of the molecule is COCCNCc1cc(Br)ccc1OCCC1CCCO1. The smallest absolute Gasteiger partial charge is 0.123 e. The largest absolute Gasteiger partial charge is 0.493 e. The Kier molecular flexibility index (Phi) is 7.50. The lowest BCUT2D eigenvalue weighted by atomic mass is 10.2. The number of methoxy groups -OCH3 is 1. The van der Waals surface area contributed by atoms with E-state index in [-0.39, 0.29) is 0 Å². The van der Waals surface area contributed by atoms with E-state index in [1.54, 1.807) is 7.11 Å². The third-order valence-corrected chi connectivity index (χ3v) is 4.04. The molecule has 1 saturated heterocycles. The molecule has 5 heteroatoms. The Hall–Kier alpha value is -0.620. The van der Waals surface area contributed by atoms with E-state index in [1.165, 1.54) is 6.42 Å². The Bertz CT molecular complexity index is 422. The van der Waals surface area contributed by atoms with Gasteiger partial charge < -0.3 is 19.5 Å². The molecule has 1 N–H and O–H groups in total. The highest BCUT2D eigenvalue weighted by Crippen LogP contribution is 2.24. The van der Waals surface area contributed by atoms with E-state index in [9.17, 15) is 0 Å². The van der Waals surface area contributed by atoms with Crippen LogP contribution in [0.5, 0.6) is 5.75 Å². The van der Waals surface area contributed by atoms with Crippen LogP contribution in [0, 0.1) is 0 Å². The van der Waals surface area contributed by atoms with Gasteiger partial charge in [0.1, 0.15) is 5.75 Å². The molecule has 1 heterocycles. The molecule has 1 fully saturated rings. The minimum Gasteiger partial charge on any atom is -0.493 e. The molecule has 1 aromatic carbocycles. The van der Waals surface area contributed by atoms with Gasteiger partial charge in [-0.25, -0.2) is 0 Å². The van der Waals surface area contributed by atoms with Crippen molar-refractivity contribution in [3.8, 4) is 5.75 Å². The quantitative estimate of drug-likeness (QED) is 0.689. The van der Waals surface area contributed by atoms with E-state index in [0.717, 1.165) is 48.3 Å². The highest BCUT2D eigenvalue weighted by atomic mass is 79.9. The number of nitrogens with one attached hydrogen (secondary N) is 1. The summed E-state index contributed by atoms with van der Waals surface area (Å²) in [7, 11) is 1.71. The summed E-state index contributed by atoms with van der Waals surface area (Å²) in [4.78, 5) is 0. The van der Waals surface area contributed by atoms with Crippen LogP contribution in [0.25, 0.3) is 0 Å². The van der Waals surface area contributed by atoms with Gasteiger partial charge in [-0.3, -0.25) is 0 Å². The van der Waals surface area contributed by atoms with E-state index in [1.807, 2.05) is 12.1 Å². The molecule has 2 rings (SSSR count). The van der Waals surface area contributed by atoms with Gasteiger partial charge in [0.15, 0.2) is 0 Å². The van der Waals surface area contributed by atoms with Crippen LogP contribution in [0.2, 0.25) is 0 Å². The van der Waals surface area contributed by atoms with Crippen LogP contribution >= 0.6 is 15.9 Å². The molecular weight excluding hydrogens is 334 g/mol. The molecule has 0 radical (unpaired) electrons. The van der Waals surface area contributed by atoms with Crippen molar-refractivity contribution in [3.05, 3.63) is 28.2 Å². The van der Waals surface area contributed by atoms with Crippen LogP contribution < -0.4 is 10.1 Å². The molecule has 118 valence electrons. The van der Waals surface area contributed by atoms with Gasteiger partial charge in [0.2, 0.25) is 0 Å². The highest BCUT2D eigenvalue weighted by molar-refractivity contribution is 9.10. The molecule has 1 atom stereocenters. The molecule has 0 spiro atoms. The Balaban J connectivity index is 1.81. The van der Waals surface area contributed by atoms with Gasteiger partial charge >= 0.3 is 0 Å². The van der Waals surface area contributed by atoms with Gasteiger partial charge in [-0.05, 0) is 31.0 Å². The van der Waals surface area contributed by atoms with Crippen LogP contribution in [0.4, 0.5) is 0 Å². The Morgan fingerprint density at radius 3 is 3.05 bits per heavy atom. The molecule has 1 aliphatic rings. The first-order chi connectivity index (χ1) is 10.3. The summed E-state index contributed by atoms with van der Waals surface area (Å²) in [6.07, 6.45) is 3.68. The van der Waals surface area contributed by atoms with Gasteiger partial charge in [-0.1, -0.05) is 15.9 Å². The van der Waals surface area contributed by atoms with E-state index < -0.39 is 0 Å². The molecule has 0 amide bonds. The second kappa shape index (κ2) is 9.41. The van der Waals surface area contributed by atoms with Crippen molar-refractivity contribution in [3.63, 3.8) is 0 Å². The average Bonchev–Trinajstić information content (AvgIpc) is 2.99. The van der Waals surface area contributed by atoms with Crippen molar-refractivity contribution in [2.24, 2.45) is 0 Å². The summed E-state index contributed by atoms with van der Waals surface area (Å²) in [6.45, 7) is 3.93. The van der Waals surface area contributed by atoms with Crippen molar-refractivity contribution >= 4 is 15.9 Å². The number of hydrogen-bond acceptors (Lipinski definition) is 4. The van der Waals surface area contributed by atoms with Crippen molar-refractivity contribution in [2.45, 2.75) is 31.9 Å². The fourth-order valence-electron chi connectivity index (χ4n) is 2.40. The summed E-state index contributed by atoms with van der Waals surface area (Å²) in [6, 6.07) is 6.13. The molecular formula is C16H24BrNO3. The summed E-state index contributed by atoms with van der Waals surface area (Å²) in [5.74, 6) is 0.945. The van der Waals surface area contributed by atoms with Crippen molar-refractivity contribution < 1.29 is 14.2 Å². The third-order valence-electron chi connectivity index (χ3n) is 3.54. The lowest BCUT2D eigenvalue weighted by Gasteiger charge is -2.14. The van der Waals surface area contributed by atoms with Crippen molar-refractivity contribution in [1.82, 2.24) is 5.32 Å². The number of rotatable bonds is 9. The van der Waals surface area contributed by atoms with Gasteiger partial charge in [0.25, 0.3) is 0 Å². The summed E-state index contributed by atoms with van der Waals surface area (Å²) in [5, 5.41) is 3.35. The number of hydrogen-bond donors (Lipinski definition) is 1. The van der Waals surface area contributed by atoms with Gasteiger partial charge in [0.05, 0.1) is 19.3 Å². The second-order valence-electron chi connectivity index (χ2n) is 5.19. The first-order valence-electron chi connectivity index (χ1n) is 7.52. The number of benzene rings is 1. The predicted octanol–water partition coefficient (Wildman–Crippen LogP) is 3.13. The zero-order chi connectivity index (χ0) is 14.9. The van der Waals surface area contributed by atoms with Crippen LogP contribution in [0.3, 0.4) is 0 Å². The van der Waals surface area contributed by atoms with E-state index in [4.69, 9.17) is 14.2 Å². The molecule has 1 aliphatic heterocycles. The molecule has 0 aliphatic carbocycles. The van der Waals surface area contributed by atoms with Gasteiger partial charge in [-0.2, -0.15) is 0 Å². The Labute approximate surface area is 135 Å². The first kappa shape index (κ1) is 16.7. The number of halogens is 1. The first-order valence-corrected chi connectivity index (χ1v) is 8.31. The van der Waals surface area contributed by atoms with Gasteiger partial charge in [0, 0.05) is 43.3 Å². The maximum Gasteiger partial charge on any atom is 0.123 e. The second-order valence-corrected chi connectivity index (χ2v) is 6.11. The van der Waals surface area contributed by atoms with Crippen molar-refractivity contribution in [2.75, 3.05) is 33.5 Å². The molecule has 0 bridgehead atoms. The summed E-state index contributed by atoms with van der Waals surface area (Å²) < 4.78 is 17.7. The van der Waals surface area contributed by atoms with E-state index in [0.29, 0.717) is 19.3 Å². The molecule has 0 aromatic heterocycles. The monoisotopic (exact) mass is 357 g/mol.